The van der Waals surface area contributed by atoms with Gasteiger partial charge in [-0.1, -0.05) is 23.5 Å². The SMILES string of the molecule is COc1ccc(CNc2nc3sc(CC#N)cc3s2)cc1. The highest BCUT2D eigenvalue weighted by Crippen LogP contribution is 2.33. The Bertz CT molecular complexity index is 752. The van der Waals surface area contributed by atoms with E-state index in [4.69, 9.17) is 10.00 Å². The minimum atomic E-state index is 0.461. The summed E-state index contributed by atoms with van der Waals surface area (Å²) in [7, 11) is 1.66. The molecule has 0 radical (unpaired) electrons. The summed E-state index contributed by atoms with van der Waals surface area (Å²) in [4.78, 5) is 6.64. The minimum absolute atomic E-state index is 0.461. The first kappa shape index (κ1) is 13.9. The topological polar surface area (TPSA) is 57.9 Å². The van der Waals surface area contributed by atoms with Crippen LogP contribution >= 0.6 is 22.7 Å². The number of fused-ring (bicyclic) bond motifs is 1. The van der Waals surface area contributed by atoms with E-state index in [1.807, 2.05) is 24.3 Å². The van der Waals surface area contributed by atoms with Crippen LogP contribution in [0.25, 0.3) is 9.53 Å². The molecular formula is C15H13N3OS2. The van der Waals surface area contributed by atoms with Crippen LogP contribution in [0.4, 0.5) is 5.13 Å². The summed E-state index contributed by atoms with van der Waals surface area (Å²) in [6.45, 7) is 0.732. The molecule has 21 heavy (non-hydrogen) atoms. The maximum Gasteiger partial charge on any atom is 0.184 e. The van der Waals surface area contributed by atoms with E-state index in [2.05, 4.69) is 22.4 Å². The molecule has 0 aliphatic heterocycles. The zero-order valence-corrected chi connectivity index (χ0v) is 13.1. The third-order valence-electron chi connectivity index (χ3n) is 3.00. The zero-order chi connectivity index (χ0) is 14.7. The van der Waals surface area contributed by atoms with Crippen molar-refractivity contribution in [1.29, 1.82) is 5.26 Å². The van der Waals surface area contributed by atoms with E-state index < -0.39 is 0 Å². The number of thiazole rings is 1. The monoisotopic (exact) mass is 315 g/mol. The largest absolute Gasteiger partial charge is 0.497 e. The highest BCUT2D eigenvalue weighted by Gasteiger charge is 2.08. The van der Waals surface area contributed by atoms with Crippen LogP contribution in [-0.4, -0.2) is 12.1 Å². The zero-order valence-electron chi connectivity index (χ0n) is 11.4. The van der Waals surface area contributed by atoms with Gasteiger partial charge in [-0.05, 0) is 23.8 Å². The molecule has 1 N–H and O–H groups in total. The quantitative estimate of drug-likeness (QED) is 0.772. The minimum Gasteiger partial charge on any atom is -0.497 e. The first-order valence-electron chi connectivity index (χ1n) is 6.41. The van der Waals surface area contributed by atoms with Gasteiger partial charge in [0.2, 0.25) is 0 Å². The third-order valence-corrected chi connectivity index (χ3v) is 5.11. The van der Waals surface area contributed by atoms with Gasteiger partial charge in [0.1, 0.15) is 10.6 Å². The molecule has 6 heteroatoms. The number of hydrogen-bond donors (Lipinski definition) is 1. The summed E-state index contributed by atoms with van der Waals surface area (Å²) >= 11 is 3.21. The number of ether oxygens (including phenoxy) is 1. The maximum absolute atomic E-state index is 8.70. The fourth-order valence-electron chi connectivity index (χ4n) is 1.94. The molecule has 0 aliphatic carbocycles. The van der Waals surface area contributed by atoms with Gasteiger partial charge in [-0.15, -0.1) is 11.3 Å². The first-order chi connectivity index (χ1) is 10.3. The standard InChI is InChI=1S/C15H13N3OS2/c1-19-11-4-2-10(3-5-11)9-17-15-18-14-13(21-15)8-12(20-14)6-7-16/h2-5,8H,6,9H2,1H3,(H,17,18). The second kappa shape index (κ2) is 6.12. The van der Waals surface area contributed by atoms with Crippen molar-refractivity contribution in [2.45, 2.75) is 13.0 Å². The molecule has 0 bridgehead atoms. The number of hydrogen-bond acceptors (Lipinski definition) is 6. The summed E-state index contributed by atoms with van der Waals surface area (Å²) in [5, 5.41) is 12.9. The Kier molecular flexibility index (Phi) is 4.04. The molecule has 2 heterocycles. The number of benzene rings is 1. The number of nitriles is 1. The third kappa shape index (κ3) is 3.15. The van der Waals surface area contributed by atoms with Gasteiger partial charge < -0.3 is 10.1 Å². The van der Waals surface area contributed by atoms with E-state index in [1.165, 1.54) is 5.56 Å². The number of aromatic nitrogens is 1. The second-order valence-electron chi connectivity index (χ2n) is 4.44. The van der Waals surface area contributed by atoms with Crippen LogP contribution in [0.2, 0.25) is 0 Å². The van der Waals surface area contributed by atoms with Gasteiger partial charge in [0, 0.05) is 11.4 Å². The number of anilines is 1. The highest BCUT2D eigenvalue weighted by atomic mass is 32.1. The van der Waals surface area contributed by atoms with Gasteiger partial charge >= 0.3 is 0 Å². The Hall–Kier alpha value is -2.10. The number of nitrogens with zero attached hydrogens (tertiary/aromatic N) is 2. The molecule has 0 unspecified atom stereocenters. The normalized spacial score (nSPS) is 10.5. The molecule has 4 nitrogen and oxygen atoms in total. The van der Waals surface area contributed by atoms with Crippen molar-refractivity contribution in [3.05, 3.63) is 40.8 Å². The molecule has 3 aromatic rings. The van der Waals surface area contributed by atoms with Gasteiger partial charge in [0.25, 0.3) is 0 Å². The van der Waals surface area contributed by atoms with Gasteiger partial charge in [0.05, 0.1) is 24.3 Å². The van der Waals surface area contributed by atoms with Crippen molar-refractivity contribution < 1.29 is 4.74 Å². The lowest BCUT2D eigenvalue weighted by Gasteiger charge is -2.04. The number of thiophene rings is 1. The average Bonchev–Trinajstić information content (AvgIpc) is 3.04. The molecule has 0 atom stereocenters. The molecule has 0 saturated heterocycles. The van der Waals surface area contributed by atoms with Crippen LogP contribution in [0.15, 0.2) is 30.3 Å². The summed E-state index contributed by atoms with van der Waals surface area (Å²) in [5.74, 6) is 0.860. The molecule has 0 amide bonds. The Morgan fingerprint density at radius 3 is 2.76 bits per heavy atom. The smallest absolute Gasteiger partial charge is 0.184 e. The highest BCUT2D eigenvalue weighted by molar-refractivity contribution is 7.29. The van der Waals surface area contributed by atoms with E-state index in [9.17, 15) is 0 Å². The van der Waals surface area contributed by atoms with Crippen molar-refractivity contribution in [2.75, 3.05) is 12.4 Å². The van der Waals surface area contributed by atoms with Gasteiger partial charge in [-0.3, -0.25) is 0 Å². The van der Waals surface area contributed by atoms with Crippen LogP contribution in [-0.2, 0) is 13.0 Å². The molecule has 0 saturated carbocycles. The fourth-order valence-corrected chi connectivity index (χ4v) is 4.01. The number of rotatable bonds is 5. The van der Waals surface area contributed by atoms with Crippen molar-refractivity contribution in [3.63, 3.8) is 0 Å². The van der Waals surface area contributed by atoms with Crippen molar-refractivity contribution in [1.82, 2.24) is 4.98 Å². The van der Waals surface area contributed by atoms with E-state index in [0.29, 0.717) is 6.42 Å². The summed E-state index contributed by atoms with van der Waals surface area (Å²) in [5.41, 5.74) is 1.18. The lowest BCUT2D eigenvalue weighted by molar-refractivity contribution is 0.414. The molecule has 0 spiro atoms. The van der Waals surface area contributed by atoms with Crippen LogP contribution in [0, 0.1) is 11.3 Å². The number of nitrogens with one attached hydrogen (secondary N) is 1. The predicted molar refractivity (Wildman–Crippen MR) is 87.1 cm³/mol. The molecule has 0 fully saturated rings. The van der Waals surface area contributed by atoms with Gasteiger partial charge in [-0.2, -0.15) is 5.26 Å². The van der Waals surface area contributed by atoms with Crippen molar-refractivity contribution >= 4 is 37.3 Å². The average molecular weight is 315 g/mol. The molecule has 3 rings (SSSR count). The lowest BCUT2D eigenvalue weighted by atomic mass is 10.2. The van der Waals surface area contributed by atoms with E-state index in [0.717, 1.165) is 31.8 Å². The van der Waals surface area contributed by atoms with Crippen LogP contribution in [0.3, 0.4) is 0 Å². The van der Waals surface area contributed by atoms with Crippen LogP contribution < -0.4 is 10.1 Å². The molecule has 2 aromatic heterocycles. The summed E-state index contributed by atoms with van der Waals surface area (Å²) in [6.07, 6.45) is 0.461. The maximum atomic E-state index is 8.70. The Morgan fingerprint density at radius 1 is 1.29 bits per heavy atom. The number of methoxy groups -OCH3 is 1. The molecule has 106 valence electrons. The van der Waals surface area contributed by atoms with Crippen LogP contribution in [0.5, 0.6) is 5.75 Å². The summed E-state index contributed by atoms with van der Waals surface area (Å²) in [6, 6.07) is 12.2. The van der Waals surface area contributed by atoms with Crippen molar-refractivity contribution in [2.24, 2.45) is 0 Å². The Labute approximate surface area is 130 Å². The van der Waals surface area contributed by atoms with Crippen LogP contribution in [0.1, 0.15) is 10.4 Å². The Morgan fingerprint density at radius 2 is 2.10 bits per heavy atom. The van der Waals surface area contributed by atoms with E-state index >= 15 is 0 Å². The van der Waals surface area contributed by atoms with Crippen molar-refractivity contribution in [3.8, 4) is 11.8 Å². The molecule has 0 aliphatic rings. The van der Waals surface area contributed by atoms with E-state index in [1.54, 1.807) is 29.8 Å². The van der Waals surface area contributed by atoms with E-state index in [-0.39, 0.29) is 0 Å². The first-order valence-corrected chi connectivity index (χ1v) is 8.05. The van der Waals surface area contributed by atoms with Gasteiger partial charge in [-0.25, -0.2) is 4.98 Å². The molecular weight excluding hydrogens is 302 g/mol. The fraction of sp³-hybridized carbons (Fsp3) is 0.200. The predicted octanol–water partition coefficient (Wildman–Crippen LogP) is 4.04. The van der Waals surface area contributed by atoms with Gasteiger partial charge in [0.15, 0.2) is 5.13 Å². The lowest BCUT2D eigenvalue weighted by Crippen LogP contribution is -1.98. The summed E-state index contributed by atoms with van der Waals surface area (Å²) < 4.78 is 6.28. The Balaban J connectivity index is 1.67. The molecule has 1 aromatic carbocycles. The second-order valence-corrected chi connectivity index (χ2v) is 6.58.